The zero-order valence-electron chi connectivity index (χ0n) is 13.6. The first-order valence-corrected chi connectivity index (χ1v) is 9.33. The van der Waals surface area contributed by atoms with Crippen molar-refractivity contribution in [3.05, 3.63) is 54.1 Å². The molecular weight excluding hydrogens is 345 g/mol. The van der Waals surface area contributed by atoms with E-state index in [0.717, 1.165) is 11.1 Å². The number of hydrogen-bond donors (Lipinski definition) is 4. The lowest BCUT2D eigenvalue weighted by atomic mass is 9.99. The van der Waals surface area contributed by atoms with Gasteiger partial charge in [-0.05, 0) is 23.6 Å². The first kappa shape index (κ1) is 19.1. The van der Waals surface area contributed by atoms with Crippen LogP contribution in [0.25, 0.3) is 11.1 Å². The summed E-state index contributed by atoms with van der Waals surface area (Å²) < 4.78 is 16.3. The van der Waals surface area contributed by atoms with Crippen molar-refractivity contribution in [2.45, 2.75) is 12.5 Å². The van der Waals surface area contributed by atoms with E-state index in [1.54, 1.807) is 12.1 Å². The van der Waals surface area contributed by atoms with Crippen LogP contribution < -0.4 is 10.1 Å². The van der Waals surface area contributed by atoms with E-state index < -0.39 is 25.9 Å². The van der Waals surface area contributed by atoms with Crippen molar-refractivity contribution in [2.24, 2.45) is 0 Å². The Kier molecular flexibility index (Phi) is 6.33. The summed E-state index contributed by atoms with van der Waals surface area (Å²) in [5.74, 6) is -0.581. The van der Waals surface area contributed by atoms with Crippen LogP contribution in [0.5, 0.6) is 5.75 Å². The standard InChI is InChI=1S/C17H20NO6P/c1-24-16-10-12(7-8-14(16)13-5-3-2-4-6-13)9-15(17(19)20)18-11-25(21,22)23/h2-8,10,15,18H,9,11H2,1H3,(H,19,20)(H2,21,22,23)/t15-/m0/s1. The second-order valence-electron chi connectivity index (χ2n) is 5.52. The van der Waals surface area contributed by atoms with Crippen molar-refractivity contribution in [2.75, 3.05) is 13.4 Å². The molecule has 7 nitrogen and oxygen atoms in total. The van der Waals surface area contributed by atoms with Gasteiger partial charge in [-0.25, -0.2) is 0 Å². The minimum atomic E-state index is -4.33. The summed E-state index contributed by atoms with van der Waals surface area (Å²) >= 11 is 0. The van der Waals surface area contributed by atoms with E-state index in [1.165, 1.54) is 7.11 Å². The van der Waals surface area contributed by atoms with Crippen LogP contribution in [0.15, 0.2) is 48.5 Å². The molecule has 25 heavy (non-hydrogen) atoms. The molecule has 2 aromatic carbocycles. The molecule has 0 aliphatic carbocycles. The highest BCUT2D eigenvalue weighted by Gasteiger charge is 2.22. The first-order valence-electron chi connectivity index (χ1n) is 7.53. The third-order valence-electron chi connectivity index (χ3n) is 3.63. The largest absolute Gasteiger partial charge is 0.496 e. The van der Waals surface area contributed by atoms with Crippen LogP contribution in [0.4, 0.5) is 0 Å². The molecule has 2 aromatic rings. The minimum Gasteiger partial charge on any atom is -0.496 e. The molecular formula is C17H20NO6P. The highest BCUT2D eigenvalue weighted by Crippen LogP contribution is 2.33. The highest BCUT2D eigenvalue weighted by atomic mass is 31.2. The summed E-state index contributed by atoms with van der Waals surface area (Å²) in [7, 11) is -2.79. The van der Waals surface area contributed by atoms with Gasteiger partial charge >= 0.3 is 13.6 Å². The number of ether oxygens (including phenoxy) is 1. The van der Waals surface area contributed by atoms with Crippen molar-refractivity contribution in [3.8, 4) is 16.9 Å². The Morgan fingerprint density at radius 1 is 1.20 bits per heavy atom. The number of carboxylic acid groups (broad SMARTS) is 1. The highest BCUT2D eigenvalue weighted by molar-refractivity contribution is 7.51. The number of hydrogen-bond acceptors (Lipinski definition) is 4. The van der Waals surface area contributed by atoms with Gasteiger partial charge in [0.1, 0.15) is 11.8 Å². The molecule has 4 N–H and O–H groups in total. The van der Waals surface area contributed by atoms with E-state index in [1.807, 2.05) is 36.4 Å². The van der Waals surface area contributed by atoms with Gasteiger partial charge in [0.25, 0.3) is 0 Å². The Balaban J connectivity index is 2.21. The predicted octanol–water partition coefficient (Wildman–Crippen LogP) is 2.08. The van der Waals surface area contributed by atoms with E-state index >= 15 is 0 Å². The van der Waals surface area contributed by atoms with Crippen LogP contribution in [-0.4, -0.2) is 40.3 Å². The van der Waals surface area contributed by atoms with Crippen LogP contribution in [0, 0.1) is 0 Å². The molecule has 0 unspecified atom stereocenters. The topological polar surface area (TPSA) is 116 Å². The van der Waals surface area contributed by atoms with Crippen LogP contribution in [0.1, 0.15) is 5.56 Å². The van der Waals surface area contributed by atoms with Gasteiger partial charge < -0.3 is 19.6 Å². The lowest BCUT2D eigenvalue weighted by Gasteiger charge is -2.16. The summed E-state index contributed by atoms with van der Waals surface area (Å²) in [5, 5.41) is 11.6. The summed E-state index contributed by atoms with van der Waals surface area (Å²) in [6, 6.07) is 13.9. The summed E-state index contributed by atoms with van der Waals surface area (Å²) in [4.78, 5) is 29.1. The van der Waals surface area contributed by atoms with Crippen LogP contribution >= 0.6 is 7.60 Å². The lowest BCUT2D eigenvalue weighted by Crippen LogP contribution is -2.39. The van der Waals surface area contributed by atoms with E-state index in [2.05, 4.69) is 5.32 Å². The first-order chi connectivity index (χ1) is 11.8. The third-order valence-corrected chi connectivity index (χ3v) is 4.23. The maximum absolute atomic E-state index is 11.3. The Morgan fingerprint density at radius 2 is 1.88 bits per heavy atom. The molecule has 1 atom stereocenters. The normalized spacial score (nSPS) is 12.6. The van der Waals surface area contributed by atoms with Crippen molar-refractivity contribution < 1.29 is 29.0 Å². The third kappa shape index (κ3) is 5.69. The lowest BCUT2D eigenvalue weighted by molar-refractivity contribution is -0.139. The van der Waals surface area contributed by atoms with E-state index in [-0.39, 0.29) is 6.42 Å². The maximum Gasteiger partial charge on any atom is 0.339 e. The summed E-state index contributed by atoms with van der Waals surface area (Å²) in [6.45, 7) is 0. The minimum absolute atomic E-state index is 0.0702. The Morgan fingerprint density at radius 3 is 2.44 bits per heavy atom. The molecule has 0 aliphatic rings. The second kappa shape index (κ2) is 8.27. The molecule has 0 spiro atoms. The van der Waals surface area contributed by atoms with E-state index in [0.29, 0.717) is 11.3 Å². The summed E-state index contributed by atoms with van der Waals surface area (Å²) in [6.07, 6.45) is -0.621. The molecule has 8 heteroatoms. The van der Waals surface area contributed by atoms with Crippen molar-refractivity contribution >= 4 is 13.6 Å². The molecule has 0 fully saturated rings. The fourth-order valence-electron chi connectivity index (χ4n) is 2.43. The van der Waals surface area contributed by atoms with Gasteiger partial charge in [0.05, 0.1) is 13.4 Å². The van der Waals surface area contributed by atoms with Crippen molar-refractivity contribution in [1.82, 2.24) is 5.32 Å². The Bertz CT molecular complexity index is 774. The maximum atomic E-state index is 11.3. The van der Waals surface area contributed by atoms with Gasteiger partial charge in [-0.2, -0.15) is 0 Å². The van der Waals surface area contributed by atoms with Crippen LogP contribution in [0.2, 0.25) is 0 Å². The molecule has 0 aromatic heterocycles. The molecule has 0 amide bonds. The van der Waals surface area contributed by atoms with Gasteiger partial charge in [-0.15, -0.1) is 0 Å². The quantitative estimate of drug-likeness (QED) is 0.529. The smallest absolute Gasteiger partial charge is 0.339 e. The summed E-state index contributed by atoms with van der Waals surface area (Å²) in [5.41, 5.74) is 2.53. The Hall–Kier alpha value is -2.18. The monoisotopic (exact) mass is 365 g/mol. The molecule has 0 radical (unpaired) electrons. The SMILES string of the molecule is COc1cc(C[C@H](NCP(=O)(O)O)C(=O)O)ccc1-c1ccccc1. The number of rotatable bonds is 8. The molecule has 0 aliphatic heterocycles. The Labute approximate surface area is 145 Å². The number of nitrogens with one attached hydrogen (secondary N) is 1. The molecule has 2 rings (SSSR count). The van der Waals surface area contributed by atoms with Crippen LogP contribution in [0.3, 0.4) is 0 Å². The second-order valence-corrected chi connectivity index (χ2v) is 7.17. The van der Waals surface area contributed by atoms with Crippen LogP contribution in [-0.2, 0) is 15.8 Å². The van der Waals surface area contributed by atoms with Gasteiger partial charge in [0, 0.05) is 5.56 Å². The number of benzene rings is 2. The molecule has 134 valence electrons. The fourth-order valence-corrected chi connectivity index (χ4v) is 2.89. The molecule has 0 bridgehead atoms. The predicted molar refractivity (Wildman–Crippen MR) is 93.6 cm³/mol. The number of carboxylic acids is 1. The van der Waals surface area contributed by atoms with Gasteiger partial charge in [0.15, 0.2) is 0 Å². The van der Waals surface area contributed by atoms with Gasteiger partial charge in [0.2, 0.25) is 0 Å². The number of aliphatic carboxylic acids is 1. The molecule has 0 saturated carbocycles. The fraction of sp³-hybridized carbons (Fsp3) is 0.235. The van der Waals surface area contributed by atoms with E-state index in [4.69, 9.17) is 14.5 Å². The zero-order chi connectivity index (χ0) is 18.4. The van der Waals surface area contributed by atoms with Crippen molar-refractivity contribution in [1.29, 1.82) is 0 Å². The average Bonchev–Trinajstić information content (AvgIpc) is 2.58. The number of carbonyl (C=O) groups is 1. The van der Waals surface area contributed by atoms with E-state index in [9.17, 15) is 14.5 Å². The van der Waals surface area contributed by atoms with Crippen molar-refractivity contribution in [3.63, 3.8) is 0 Å². The number of methoxy groups -OCH3 is 1. The molecule has 0 heterocycles. The van der Waals surface area contributed by atoms with Gasteiger partial charge in [-0.3, -0.25) is 14.7 Å². The molecule has 0 saturated heterocycles. The zero-order valence-corrected chi connectivity index (χ0v) is 14.5. The van der Waals surface area contributed by atoms with Gasteiger partial charge in [-0.1, -0.05) is 42.5 Å². The average molecular weight is 365 g/mol.